The summed E-state index contributed by atoms with van der Waals surface area (Å²) in [6, 6.07) is 11.2. The van der Waals surface area contributed by atoms with Crippen LogP contribution >= 0.6 is 12.2 Å². The molecule has 2 aromatic rings. The van der Waals surface area contributed by atoms with Gasteiger partial charge in [0.15, 0.2) is 10.8 Å². The number of anilines is 3. The minimum Gasteiger partial charge on any atom is -0.368 e. The summed E-state index contributed by atoms with van der Waals surface area (Å²) in [5, 5.41) is 5.97. The first kappa shape index (κ1) is 19.7. The Labute approximate surface area is 172 Å². The molecule has 0 bridgehead atoms. The molecule has 0 unspecified atom stereocenters. The Morgan fingerprint density at radius 1 is 1.00 bits per heavy atom. The molecule has 0 atom stereocenters. The zero-order valence-corrected chi connectivity index (χ0v) is 16.4. The van der Waals surface area contributed by atoms with Crippen molar-refractivity contribution >= 4 is 34.8 Å². The van der Waals surface area contributed by atoms with Crippen LogP contribution in [0.15, 0.2) is 36.4 Å². The zero-order chi connectivity index (χ0) is 20.4. The minimum absolute atomic E-state index is 0.140. The molecule has 2 heterocycles. The molecule has 6 nitrogen and oxygen atoms in total. The maximum atomic E-state index is 13.4. The van der Waals surface area contributed by atoms with Gasteiger partial charge in [-0.2, -0.15) is 18.2 Å². The number of nitrogens with one attached hydrogen (secondary N) is 2. The fourth-order valence-corrected chi connectivity index (χ4v) is 3.44. The van der Waals surface area contributed by atoms with Gasteiger partial charge in [0.25, 0.3) is 0 Å². The average Bonchev–Trinajstić information content (AvgIpc) is 3.52. The quantitative estimate of drug-likeness (QED) is 0.734. The third-order valence-corrected chi connectivity index (χ3v) is 5.09. The van der Waals surface area contributed by atoms with E-state index in [1.54, 1.807) is 0 Å². The number of hydrogen-bond acceptors (Lipinski definition) is 5. The lowest BCUT2D eigenvalue weighted by Crippen LogP contribution is -2.47. The van der Waals surface area contributed by atoms with E-state index in [0.717, 1.165) is 24.6 Å². The molecule has 0 radical (unpaired) electrons. The highest BCUT2D eigenvalue weighted by molar-refractivity contribution is 7.80. The van der Waals surface area contributed by atoms with Crippen LogP contribution in [0.5, 0.6) is 0 Å². The van der Waals surface area contributed by atoms with Crippen LogP contribution in [0, 0.1) is 0 Å². The number of nitrogens with zero attached hydrogens (tertiary/aromatic N) is 4. The first-order valence-corrected chi connectivity index (χ1v) is 9.88. The summed E-state index contributed by atoms with van der Waals surface area (Å²) >= 11 is 5.15. The Morgan fingerprint density at radius 3 is 2.28 bits per heavy atom. The summed E-state index contributed by atoms with van der Waals surface area (Å²) < 4.78 is 40.1. The summed E-state index contributed by atoms with van der Waals surface area (Å²) in [6.07, 6.45) is -2.56. The van der Waals surface area contributed by atoms with Gasteiger partial charge < -0.3 is 20.4 Å². The summed E-state index contributed by atoms with van der Waals surface area (Å²) in [4.78, 5) is 12.0. The summed E-state index contributed by atoms with van der Waals surface area (Å²) in [5.41, 5.74) is 0.120. The zero-order valence-electron chi connectivity index (χ0n) is 15.6. The van der Waals surface area contributed by atoms with Crippen molar-refractivity contribution in [3.05, 3.63) is 42.1 Å². The van der Waals surface area contributed by atoms with Crippen LogP contribution < -0.4 is 20.4 Å². The first-order valence-electron chi connectivity index (χ1n) is 9.47. The molecule has 1 aromatic carbocycles. The summed E-state index contributed by atoms with van der Waals surface area (Å²) in [5.74, 6) is 0.107. The first-order chi connectivity index (χ1) is 13.9. The van der Waals surface area contributed by atoms with Gasteiger partial charge >= 0.3 is 6.18 Å². The maximum absolute atomic E-state index is 13.4. The van der Waals surface area contributed by atoms with Gasteiger partial charge in [0.2, 0.25) is 5.95 Å². The lowest BCUT2D eigenvalue weighted by molar-refractivity contribution is -0.141. The van der Waals surface area contributed by atoms with E-state index >= 15 is 0 Å². The number of benzene rings is 1. The maximum Gasteiger partial charge on any atom is 0.433 e. The highest BCUT2D eigenvalue weighted by atomic mass is 32.1. The van der Waals surface area contributed by atoms with Crippen LogP contribution in [0.2, 0.25) is 0 Å². The van der Waals surface area contributed by atoms with E-state index in [4.69, 9.17) is 12.2 Å². The minimum atomic E-state index is -4.56. The van der Waals surface area contributed by atoms with Crippen molar-refractivity contribution in [1.82, 2.24) is 15.3 Å². The topological polar surface area (TPSA) is 56.3 Å². The number of rotatable bonds is 4. The Bertz CT molecular complexity index is 864. The van der Waals surface area contributed by atoms with Crippen LogP contribution in [0.1, 0.15) is 18.5 Å². The third kappa shape index (κ3) is 5.06. The lowest BCUT2D eigenvalue weighted by atomic mass is 10.2. The van der Waals surface area contributed by atoms with Crippen LogP contribution in [-0.4, -0.2) is 47.3 Å². The molecule has 2 N–H and O–H groups in total. The molecular weight excluding hydrogens is 401 g/mol. The van der Waals surface area contributed by atoms with Crippen LogP contribution in [-0.2, 0) is 6.18 Å². The Balaban J connectivity index is 1.50. The second-order valence-corrected chi connectivity index (χ2v) is 7.52. The molecular formula is C19H21F3N6S. The number of halogens is 3. The molecule has 1 saturated carbocycles. The van der Waals surface area contributed by atoms with Gasteiger partial charge in [0.1, 0.15) is 5.82 Å². The normalized spacial score (nSPS) is 17.2. The average molecular weight is 422 g/mol. The number of thiocarbonyl (C=S) groups is 1. The molecule has 1 aliphatic heterocycles. The molecule has 2 fully saturated rings. The van der Waals surface area contributed by atoms with Crippen LogP contribution in [0.4, 0.5) is 30.6 Å². The fraction of sp³-hybridized carbons (Fsp3) is 0.421. The van der Waals surface area contributed by atoms with E-state index in [9.17, 15) is 13.2 Å². The van der Waals surface area contributed by atoms with E-state index in [2.05, 4.69) is 25.5 Å². The second kappa shape index (κ2) is 8.02. The number of aromatic nitrogens is 2. The molecule has 2 aliphatic rings. The predicted molar refractivity (Wildman–Crippen MR) is 110 cm³/mol. The van der Waals surface area contributed by atoms with Gasteiger partial charge in [0, 0.05) is 44.0 Å². The molecule has 1 saturated heterocycles. The van der Waals surface area contributed by atoms with Crippen LogP contribution in [0.25, 0.3) is 0 Å². The van der Waals surface area contributed by atoms with Crippen molar-refractivity contribution in [3.8, 4) is 0 Å². The van der Waals surface area contributed by atoms with Gasteiger partial charge in [-0.15, -0.1) is 0 Å². The van der Waals surface area contributed by atoms with Crippen molar-refractivity contribution in [2.45, 2.75) is 25.1 Å². The predicted octanol–water partition coefficient (Wildman–Crippen LogP) is 3.27. The highest BCUT2D eigenvalue weighted by Gasteiger charge is 2.35. The van der Waals surface area contributed by atoms with E-state index in [0.29, 0.717) is 26.2 Å². The Hall–Kier alpha value is -2.62. The number of alkyl halides is 3. The molecule has 0 spiro atoms. The standard InChI is InChI=1S/C19H21F3N6S/c20-19(21,22)15-12-16(25-17(24-15)26-18(29)23-13-6-7-13)28-10-8-27(9-11-28)14-4-2-1-3-5-14/h1-5,12-13H,6-11H2,(H2,23,24,25,26,29). The van der Waals surface area contributed by atoms with Gasteiger partial charge in [-0.1, -0.05) is 18.2 Å². The second-order valence-electron chi connectivity index (χ2n) is 7.12. The van der Waals surface area contributed by atoms with E-state index in [1.807, 2.05) is 35.2 Å². The molecule has 29 heavy (non-hydrogen) atoms. The van der Waals surface area contributed by atoms with Gasteiger partial charge in [0.05, 0.1) is 0 Å². The third-order valence-electron chi connectivity index (χ3n) is 4.87. The van der Waals surface area contributed by atoms with Crippen molar-refractivity contribution in [2.75, 3.05) is 41.3 Å². The molecule has 1 aromatic heterocycles. The van der Waals surface area contributed by atoms with Gasteiger partial charge in [-0.3, -0.25) is 0 Å². The van der Waals surface area contributed by atoms with E-state index in [-0.39, 0.29) is 22.9 Å². The van der Waals surface area contributed by atoms with Gasteiger partial charge in [-0.05, 0) is 37.2 Å². The SMILES string of the molecule is FC(F)(F)c1cc(N2CCN(c3ccccc3)CC2)nc(NC(=S)NC2CC2)n1. The summed E-state index contributed by atoms with van der Waals surface area (Å²) in [6.45, 7) is 2.51. The number of piperazine rings is 1. The highest BCUT2D eigenvalue weighted by Crippen LogP contribution is 2.31. The monoisotopic (exact) mass is 422 g/mol. The smallest absolute Gasteiger partial charge is 0.368 e. The molecule has 0 amide bonds. The van der Waals surface area contributed by atoms with Crippen molar-refractivity contribution in [2.24, 2.45) is 0 Å². The molecule has 154 valence electrons. The van der Waals surface area contributed by atoms with E-state index in [1.165, 1.54) is 0 Å². The van der Waals surface area contributed by atoms with Gasteiger partial charge in [-0.25, -0.2) is 4.98 Å². The molecule has 1 aliphatic carbocycles. The number of para-hydroxylation sites is 1. The fourth-order valence-electron chi connectivity index (χ4n) is 3.18. The van der Waals surface area contributed by atoms with E-state index < -0.39 is 11.9 Å². The summed E-state index contributed by atoms with van der Waals surface area (Å²) in [7, 11) is 0. The Kier molecular flexibility index (Phi) is 5.44. The molecule has 10 heteroatoms. The van der Waals surface area contributed by atoms with Crippen molar-refractivity contribution in [1.29, 1.82) is 0 Å². The lowest BCUT2D eigenvalue weighted by Gasteiger charge is -2.37. The Morgan fingerprint density at radius 2 is 1.66 bits per heavy atom. The molecule has 4 rings (SSSR count). The van der Waals surface area contributed by atoms with Crippen molar-refractivity contribution < 1.29 is 13.2 Å². The van der Waals surface area contributed by atoms with Crippen LogP contribution in [0.3, 0.4) is 0 Å². The number of hydrogen-bond donors (Lipinski definition) is 2. The van der Waals surface area contributed by atoms with Crippen molar-refractivity contribution in [3.63, 3.8) is 0 Å². The largest absolute Gasteiger partial charge is 0.433 e.